The van der Waals surface area contributed by atoms with Crippen molar-refractivity contribution < 1.29 is 12.8 Å². The molecule has 1 saturated heterocycles. The predicted molar refractivity (Wildman–Crippen MR) is 83.1 cm³/mol. The van der Waals surface area contributed by atoms with Crippen molar-refractivity contribution in [1.82, 2.24) is 14.5 Å². The molecule has 0 spiro atoms. The average molecular weight is 339 g/mol. The summed E-state index contributed by atoms with van der Waals surface area (Å²) >= 11 is 1.55. The van der Waals surface area contributed by atoms with Crippen LogP contribution in [-0.2, 0) is 10.0 Å². The van der Waals surface area contributed by atoms with Crippen molar-refractivity contribution in [3.8, 4) is 10.8 Å². The van der Waals surface area contributed by atoms with E-state index in [1.807, 2.05) is 17.5 Å². The lowest BCUT2D eigenvalue weighted by Crippen LogP contribution is -2.40. The van der Waals surface area contributed by atoms with E-state index in [1.54, 1.807) is 15.6 Å². The Morgan fingerprint density at radius 2 is 2.14 bits per heavy atom. The molecule has 0 bridgehead atoms. The Morgan fingerprint density at radius 1 is 1.27 bits per heavy atom. The van der Waals surface area contributed by atoms with Crippen molar-refractivity contribution in [2.45, 2.75) is 36.9 Å². The van der Waals surface area contributed by atoms with Crippen LogP contribution in [0.15, 0.2) is 21.9 Å². The molecule has 1 aliphatic heterocycles. The summed E-state index contributed by atoms with van der Waals surface area (Å²) in [6, 6.07) is 3.88. The molecular formula is C14H17N3O3S2. The van der Waals surface area contributed by atoms with Gasteiger partial charge in [-0.05, 0) is 37.1 Å². The number of hydrogen-bond acceptors (Lipinski definition) is 6. The van der Waals surface area contributed by atoms with E-state index in [4.69, 9.17) is 4.42 Å². The van der Waals surface area contributed by atoms with Crippen LogP contribution < -0.4 is 0 Å². The van der Waals surface area contributed by atoms with Crippen molar-refractivity contribution in [2.24, 2.45) is 0 Å². The molecule has 22 heavy (non-hydrogen) atoms. The Hall–Kier alpha value is -1.25. The molecule has 0 aromatic carbocycles. The monoisotopic (exact) mass is 339 g/mol. The molecule has 2 aromatic heterocycles. The fourth-order valence-electron chi connectivity index (χ4n) is 2.85. The van der Waals surface area contributed by atoms with Crippen molar-refractivity contribution in [2.75, 3.05) is 13.1 Å². The van der Waals surface area contributed by atoms with Gasteiger partial charge in [-0.2, -0.15) is 0 Å². The molecule has 0 amide bonds. The summed E-state index contributed by atoms with van der Waals surface area (Å²) in [5.74, 6) is 1.08. The van der Waals surface area contributed by atoms with E-state index in [0.29, 0.717) is 24.9 Å². The zero-order chi connectivity index (χ0) is 15.2. The van der Waals surface area contributed by atoms with Crippen molar-refractivity contribution in [1.29, 1.82) is 0 Å². The molecule has 6 nitrogen and oxygen atoms in total. The average Bonchev–Trinajstić information content (AvgIpc) is 3.06. The summed E-state index contributed by atoms with van der Waals surface area (Å²) in [5, 5.41) is 10.0. The van der Waals surface area contributed by atoms with E-state index >= 15 is 0 Å². The number of rotatable bonds is 4. The topological polar surface area (TPSA) is 76.3 Å². The first kappa shape index (κ1) is 14.3. The smallest absolute Gasteiger partial charge is 0.257 e. The largest absolute Gasteiger partial charge is 0.420 e. The SMILES string of the molecule is O=S(=O)(C1CC1)N1CCCC(c2nnc(-c3cccs3)o2)C1. The summed E-state index contributed by atoms with van der Waals surface area (Å²) in [4.78, 5) is 0.942. The van der Waals surface area contributed by atoms with Crippen LogP contribution in [0.1, 0.15) is 37.5 Å². The van der Waals surface area contributed by atoms with E-state index < -0.39 is 10.0 Å². The van der Waals surface area contributed by atoms with Crippen molar-refractivity contribution in [3.63, 3.8) is 0 Å². The van der Waals surface area contributed by atoms with Gasteiger partial charge in [0.1, 0.15) is 0 Å². The number of sulfonamides is 1. The first-order chi connectivity index (χ1) is 10.6. The minimum Gasteiger partial charge on any atom is -0.420 e. The second-order valence-corrected chi connectivity index (χ2v) is 9.02. The van der Waals surface area contributed by atoms with Crippen LogP contribution in [0.5, 0.6) is 0 Å². The van der Waals surface area contributed by atoms with Crippen molar-refractivity contribution >= 4 is 21.4 Å². The molecule has 1 aliphatic carbocycles. The van der Waals surface area contributed by atoms with Crippen LogP contribution in [0.3, 0.4) is 0 Å². The Labute approximate surface area is 133 Å². The van der Waals surface area contributed by atoms with E-state index in [2.05, 4.69) is 10.2 Å². The predicted octanol–water partition coefficient (Wildman–Crippen LogP) is 2.47. The number of nitrogens with zero attached hydrogens (tertiary/aromatic N) is 3. The van der Waals surface area contributed by atoms with Gasteiger partial charge in [0.2, 0.25) is 15.9 Å². The van der Waals surface area contributed by atoms with E-state index in [0.717, 1.165) is 30.6 Å². The van der Waals surface area contributed by atoms with E-state index in [9.17, 15) is 8.42 Å². The number of aromatic nitrogens is 2. The molecule has 1 saturated carbocycles. The maximum absolute atomic E-state index is 12.4. The highest BCUT2D eigenvalue weighted by atomic mass is 32.2. The van der Waals surface area contributed by atoms with Gasteiger partial charge in [-0.15, -0.1) is 21.5 Å². The molecule has 118 valence electrons. The zero-order valence-corrected chi connectivity index (χ0v) is 13.6. The maximum Gasteiger partial charge on any atom is 0.257 e. The molecule has 0 N–H and O–H groups in total. The molecule has 8 heteroatoms. The third-order valence-electron chi connectivity index (χ3n) is 4.21. The Balaban J connectivity index is 1.53. The molecule has 1 unspecified atom stereocenters. The maximum atomic E-state index is 12.4. The summed E-state index contributed by atoms with van der Waals surface area (Å²) in [5.41, 5.74) is 0. The Kier molecular flexibility index (Phi) is 3.54. The minimum absolute atomic E-state index is 0.00323. The first-order valence-corrected chi connectivity index (χ1v) is 9.89. The highest BCUT2D eigenvalue weighted by molar-refractivity contribution is 7.90. The molecule has 2 aromatic rings. The molecule has 3 heterocycles. The molecule has 4 rings (SSSR count). The van der Waals surface area contributed by atoms with Gasteiger partial charge >= 0.3 is 0 Å². The van der Waals surface area contributed by atoms with E-state index in [-0.39, 0.29) is 11.2 Å². The summed E-state index contributed by atoms with van der Waals surface area (Å²) in [6.07, 6.45) is 3.33. The van der Waals surface area contributed by atoms with Crippen LogP contribution >= 0.6 is 11.3 Å². The minimum atomic E-state index is -3.12. The summed E-state index contributed by atoms with van der Waals surface area (Å²) < 4.78 is 32.1. The summed E-state index contributed by atoms with van der Waals surface area (Å²) in [7, 11) is -3.12. The lowest BCUT2D eigenvalue weighted by atomic mass is 10.00. The molecule has 2 fully saturated rings. The fourth-order valence-corrected chi connectivity index (χ4v) is 5.42. The van der Waals surface area contributed by atoms with Crippen LogP contribution in [0.2, 0.25) is 0 Å². The second kappa shape index (κ2) is 5.43. The van der Waals surface area contributed by atoms with Gasteiger partial charge in [-0.3, -0.25) is 0 Å². The first-order valence-electron chi connectivity index (χ1n) is 7.51. The van der Waals surface area contributed by atoms with Crippen LogP contribution in [0.25, 0.3) is 10.8 Å². The van der Waals surface area contributed by atoms with E-state index in [1.165, 1.54) is 0 Å². The molecular weight excluding hydrogens is 322 g/mol. The second-order valence-electron chi connectivity index (χ2n) is 5.86. The highest BCUT2D eigenvalue weighted by Gasteiger charge is 2.42. The van der Waals surface area contributed by atoms with Crippen LogP contribution in [0, 0.1) is 0 Å². The highest BCUT2D eigenvalue weighted by Crippen LogP contribution is 2.36. The number of hydrogen-bond donors (Lipinski definition) is 0. The van der Waals surface area contributed by atoms with Gasteiger partial charge in [0, 0.05) is 13.1 Å². The van der Waals surface area contributed by atoms with Crippen LogP contribution in [-0.4, -0.2) is 41.3 Å². The third kappa shape index (κ3) is 2.59. The van der Waals surface area contributed by atoms with Gasteiger partial charge in [-0.25, -0.2) is 12.7 Å². The van der Waals surface area contributed by atoms with Gasteiger partial charge in [0.15, 0.2) is 0 Å². The Morgan fingerprint density at radius 3 is 2.86 bits per heavy atom. The number of piperidine rings is 1. The normalized spacial score (nSPS) is 23.7. The molecule has 1 atom stereocenters. The van der Waals surface area contributed by atoms with Crippen molar-refractivity contribution in [3.05, 3.63) is 23.4 Å². The molecule has 0 radical (unpaired) electrons. The fraction of sp³-hybridized carbons (Fsp3) is 0.571. The quantitative estimate of drug-likeness (QED) is 0.855. The standard InChI is InChI=1S/C14H17N3O3S2/c18-22(19,11-5-6-11)17-7-1-3-10(9-17)13-15-16-14(20-13)12-4-2-8-21-12/h2,4,8,10-11H,1,3,5-7,9H2. The van der Waals surface area contributed by atoms with Gasteiger partial charge in [0.05, 0.1) is 16.0 Å². The van der Waals surface area contributed by atoms with Gasteiger partial charge < -0.3 is 4.42 Å². The lowest BCUT2D eigenvalue weighted by Gasteiger charge is -2.30. The number of thiophene rings is 1. The van der Waals surface area contributed by atoms with Gasteiger partial charge in [0.25, 0.3) is 5.89 Å². The lowest BCUT2D eigenvalue weighted by molar-refractivity contribution is 0.286. The molecule has 2 aliphatic rings. The van der Waals surface area contributed by atoms with Crippen LogP contribution in [0.4, 0.5) is 0 Å². The third-order valence-corrected chi connectivity index (χ3v) is 7.43. The Bertz CT molecular complexity index is 750. The van der Waals surface area contributed by atoms with Gasteiger partial charge in [-0.1, -0.05) is 6.07 Å². The summed E-state index contributed by atoms with van der Waals surface area (Å²) in [6.45, 7) is 1.08. The zero-order valence-electron chi connectivity index (χ0n) is 12.0.